The Bertz CT molecular complexity index is 427. The first-order valence-electron chi connectivity index (χ1n) is 4.97. The molecule has 1 aromatic rings. The lowest BCUT2D eigenvalue weighted by Gasteiger charge is -2.16. The highest BCUT2D eigenvalue weighted by Gasteiger charge is 2.21. The Labute approximate surface area is 94.3 Å². The van der Waals surface area contributed by atoms with E-state index in [0.717, 1.165) is 16.7 Å². The van der Waals surface area contributed by atoms with Gasteiger partial charge in [0.25, 0.3) is 0 Å². The maximum atomic E-state index is 11.0. The molecule has 1 unspecified atom stereocenters. The zero-order valence-corrected chi connectivity index (χ0v) is 9.57. The van der Waals surface area contributed by atoms with Crippen LogP contribution >= 0.6 is 0 Å². The Morgan fingerprint density at radius 1 is 1.25 bits per heavy atom. The van der Waals surface area contributed by atoms with Gasteiger partial charge in [-0.2, -0.15) is 0 Å². The molecule has 1 rings (SSSR count). The number of carboxylic acids is 1. The number of hydrogen-bond donors (Lipinski definition) is 2. The van der Waals surface area contributed by atoms with Gasteiger partial charge in [0.15, 0.2) is 6.04 Å². The highest BCUT2D eigenvalue weighted by Crippen LogP contribution is 2.21. The summed E-state index contributed by atoms with van der Waals surface area (Å²) >= 11 is 0. The molecule has 4 nitrogen and oxygen atoms in total. The normalized spacial score (nSPS) is 11.9. The molecule has 0 aliphatic carbocycles. The number of nitrogens with one attached hydrogen (secondary N) is 1. The average molecular weight is 221 g/mol. The minimum Gasteiger partial charge on any atom is -0.479 e. The predicted octanol–water partition coefficient (Wildman–Crippen LogP) is 1.48. The van der Waals surface area contributed by atoms with Crippen molar-refractivity contribution in [2.75, 3.05) is 0 Å². The molecular formula is C12H15NO3. The monoisotopic (exact) mass is 221 g/mol. The number of rotatable bonds is 4. The third kappa shape index (κ3) is 2.39. The lowest BCUT2D eigenvalue weighted by molar-refractivity contribution is -0.140. The van der Waals surface area contributed by atoms with Gasteiger partial charge in [-0.15, -0.1) is 0 Å². The molecular weight excluding hydrogens is 206 g/mol. The molecule has 0 aliphatic rings. The van der Waals surface area contributed by atoms with Crippen LogP contribution in [0.2, 0.25) is 0 Å². The van der Waals surface area contributed by atoms with E-state index in [-0.39, 0.29) is 0 Å². The maximum absolute atomic E-state index is 11.0. The highest BCUT2D eigenvalue weighted by atomic mass is 16.4. The molecule has 16 heavy (non-hydrogen) atoms. The fraction of sp³-hybridized carbons (Fsp3) is 0.333. The Morgan fingerprint density at radius 3 is 2.31 bits per heavy atom. The smallest absolute Gasteiger partial charge is 0.330 e. The molecule has 0 radical (unpaired) electrons. The number of aryl methyl sites for hydroxylation is 3. The van der Waals surface area contributed by atoms with E-state index >= 15 is 0 Å². The molecule has 1 amide bonds. The molecule has 0 heterocycles. The van der Waals surface area contributed by atoms with E-state index in [4.69, 9.17) is 5.11 Å². The van der Waals surface area contributed by atoms with Crippen molar-refractivity contribution in [3.8, 4) is 0 Å². The van der Waals surface area contributed by atoms with Crippen molar-refractivity contribution in [3.05, 3.63) is 34.4 Å². The lowest BCUT2D eigenvalue weighted by atomic mass is 9.96. The second-order valence-electron chi connectivity index (χ2n) is 3.85. The van der Waals surface area contributed by atoms with Crippen molar-refractivity contribution < 1.29 is 14.7 Å². The molecule has 0 aliphatic heterocycles. The molecule has 0 saturated heterocycles. The van der Waals surface area contributed by atoms with Gasteiger partial charge in [0.1, 0.15) is 0 Å². The van der Waals surface area contributed by atoms with Crippen molar-refractivity contribution in [3.63, 3.8) is 0 Å². The van der Waals surface area contributed by atoms with Crippen LogP contribution in [0, 0.1) is 20.8 Å². The van der Waals surface area contributed by atoms with Gasteiger partial charge in [0.2, 0.25) is 6.41 Å². The number of amides is 1. The van der Waals surface area contributed by atoms with Gasteiger partial charge in [0, 0.05) is 0 Å². The first kappa shape index (κ1) is 12.2. The standard InChI is InChI=1S/C12H15NO3/c1-7-4-9(3)10(5-8(7)2)11(12(15)16)13-6-14/h4-6,11H,1-3H3,(H,13,14)(H,15,16). The Morgan fingerprint density at radius 2 is 1.81 bits per heavy atom. The number of carbonyl (C=O) groups excluding carboxylic acids is 1. The van der Waals surface area contributed by atoms with Crippen molar-refractivity contribution in [2.45, 2.75) is 26.8 Å². The molecule has 0 spiro atoms. The molecule has 0 bridgehead atoms. The van der Waals surface area contributed by atoms with Gasteiger partial charge in [-0.05, 0) is 43.0 Å². The van der Waals surface area contributed by atoms with Crippen molar-refractivity contribution in [2.24, 2.45) is 0 Å². The van der Waals surface area contributed by atoms with Crippen LogP contribution in [0.5, 0.6) is 0 Å². The molecule has 4 heteroatoms. The van der Waals surface area contributed by atoms with Gasteiger partial charge in [-0.25, -0.2) is 4.79 Å². The molecule has 0 fully saturated rings. The zero-order valence-electron chi connectivity index (χ0n) is 9.57. The van der Waals surface area contributed by atoms with Crippen molar-refractivity contribution in [1.82, 2.24) is 5.32 Å². The largest absolute Gasteiger partial charge is 0.479 e. The number of hydrogen-bond acceptors (Lipinski definition) is 2. The van der Waals surface area contributed by atoms with E-state index in [1.807, 2.05) is 26.8 Å². The summed E-state index contributed by atoms with van der Waals surface area (Å²) in [6.07, 6.45) is 0.410. The van der Waals surface area contributed by atoms with Crippen LogP contribution in [-0.2, 0) is 9.59 Å². The fourth-order valence-corrected chi connectivity index (χ4v) is 1.66. The van der Waals surface area contributed by atoms with E-state index in [0.29, 0.717) is 12.0 Å². The van der Waals surface area contributed by atoms with E-state index in [9.17, 15) is 9.59 Å². The summed E-state index contributed by atoms with van der Waals surface area (Å²) in [6, 6.07) is 2.75. The first-order chi connectivity index (χ1) is 7.47. The third-order valence-electron chi connectivity index (χ3n) is 2.68. The molecule has 1 aromatic carbocycles. The van der Waals surface area contributed by atoms with E-state index in [2.05, 4.69) is 5.32 Å². The van der Waals surface area contributed by atoms with Crippen LogP contribution in [0.15, 0.2) is 12.1 Å². The van der Waals surface area contributed by atoms with Crippen LogP contribution in [0.4, 0.5) is 0 Å². The summed E-state index contributed by atoms with van der Waals surface area (Å²) in [4.78, 5) is 21.4. The van der Waals surface area contributed by atoms with E-state index < -0.39 is 12.0 Å². The Balaban J connectivity index is 3.23. The van der Waals surface area contributed by atoms with Crippen LogP contribution < -0.4 is 5.32 Å². The fourth-order valence-electron chi connectivity index (χ4n) is 1.66. The molecule has 0 saturated carbocycles. The summed E-state index contributed by atoms with van der Waals surface area (Å²) in [6.45, 7) is 5.72. The summed E-state index contributed by atoms with van der Waals surface area (Å²) < 4.78 is 0. The van der Waals surface area contributed by atoms with Crippen LogP contribution in [0.3, 0.4) is 0 Å². The maximum Gasteiger partial charge on any atom is 0.330 e. The minimum atomic E-state index is -1.06. The van der Waals surface area contributed by atoms with Crippen molar-refractivity contribution in [1.29, 1.82) is 0 Å². The number of benzene rings is 1. The summed E-state index contributed by atoms with van der Waals surface area (Å²) in [5.41, 5.74) is 3.61. The lowest BCUT2D eigenvalue weighted by Crippen LogP contribution is -2.28. The van der Waals surface area contributed by atoms with Crippen LogP contribution in [0.25, 0.3) is 0 Å². The minimum absolute atomic E-state index is 0.410. The number of carbonyl (C=O) groups is 2. The van der Waals surface area contributed by atoms with E-state index in [1.165, 1.54) is 0 Å². The van der Waals surface area contributed by atoms with Crippen molar-refractivity contribution >= 4 is 12.4 Å². The molecule has 2 N–H and O–H groups in total. The van der Waals surface area contributed by atoms with Gasteiger partial charge in [-0.1, -0.05) is 12.1 Å². The summed E-state index contributed by atoms with van der Waals surface area (Å²) in [5.74, 6) is -1.06. The number of aliphatic carboxylic acids is 1. The van der Waals surface area contributed by atoms with Crippen LogP contribution in [-0.4, -0.2) is 17.5 Å². The second-order valence-corrected chi connectivity index (χ2v) is 3.85. The zero-order chi connectivity index (χ0) is 12.3. The molecule has 0 aromatic heterocycles. The van der Waals surface area contributed by atoms with E-state index in [1.54, 1.807) is 6.07 Å². The predicted molar refractivity (Wildman–Crippen MR) is 60.2 cm³/mol. The van der Waals surface area contributed by atoms with Gasteiger partial charge >= 0.3 is 5.97 Å². The summed E-state index contributed by atoms with van der Waals surface area (Å²) in [5, 5.41) is 11.3. The highest BCUT2D eigenvalue weighted by molar-refractivity contribution is 5.78. The Hall–Kier alpha value is -1.84. The average Bonchev–Trinajstić information content (AvgIpc) is 2.20. The Kier molecular flexibility index (Phi) is 3.66. The molecule has 1 atom stereocenters. The number of carboxylic acid groups (broad SMARTS) is 1. The van der Waals surface area contributed by atoms with Gasteiger partial charge in [-0.3, -0.25) is 4.79 Å². The molecule has 86 valence electrons. The SMILES string of the molecule is Cc1cc(C)c(C(NC=O)C(=O)O)cc1C. The topological polar surface area (TPSA) is 66.4 Å². The first-order valence-corrected chi connectivity index (χ1v) is 4.97. The second kappa shape index (κ2) is 4.79. The quantitative estimate of drug-likeness (QED) is 0.757. The third-order valence-corrected chi connectivity index (χ3v) is 2.68. The van der Waals surface area contributed by atoms with Gasteiger partial charge in [0.05, 0.1) is 0 Å². The van der Waals surface area contributed by atoms with Crippen LogP contribution in [0.1, 0.15) is 28.3 Å². The summed E-state index contributed by atoms with van der Waals surface area (Å²) in [7, 11) is 0. The van der Waals surface area contributed by atoms with Gasteiger partial charge < -0.3 is 10.4 Å².